The number of halogens is 1. The van der Waals surface area contributed by atoms with E-state index in [0.29, 0.717) is 0 Å². The maximum absolute atomic E-state index is 13.6. The first-order valence-corrected chi connectivity index (χ1v) is 16.2. The van der Waals surface area contributed by atoms with Crippen LogP contribution in [-0.2, 0) is 4.44 Å². The average molecular weight is 323 g/mol. The van der Waals surface area contributed by atoms with Gasteiger partial charge in [-0.2, -0.15) is 0 Å². The van der Waals surface area contributed by atoms with E-state index in [-0.39, 0.29) is 5.82 Å². The third kappa shape index (κ3) is 2.57. The molecule has 2 aromatic rings. The van der Waals surface area contributed by atoms with Crippen LogP contribution in [0.3, 0.4) is 0 Å². The van der Waals surface area contributed by atoms with Crippen LogP contribution in [0.4, 0.5) is 4.39 Å². The SMILES string of the molecule is [CH3][Sn]([CH3])([CH3])[CH2]c1ccc(F)c2ccccc12. The molecular formula is C14H17FSn. The van der Waals surface area contributed by atoms with Gasteiger partial charge in [0.05, 0.1) is 0 Å². The topological polar surface area (TPSA) is 0 Å². The summed E-state index contributed by atoms with van der Waals surface area (Å²) in [5.74, 6) is -0.108. The summed E-state index contributed by atoms with van der Waals surface area (Å²) in [6.07, 6.45) is 0. The molecule has 2 rings (SSSR count). The van der Waals surface area contributed by atoms with Gasteiger partial charge in [0, 0.05) is 0 Å². The van der Waals surface area contributed by atoms with Crippen molar-refractivity contribution >= 4 is 29.1 Å². The van der Waals surface area contributed by atoms with Crippen LogP contribution in [0.15, 0.2) is 36.4 Å². The summed E-state index contributed by atoms with van der Waals surface area (Å²) >= 11 is -1.86. The van der Waals surface area contributed by atoms with Crippen molar-refractivity contribution in [3.63, 3.8) is 0 Å². The van der Waals surface area contributed by atoms with Crippen molar-refractivity contribution in [1.82, 2.24) is 0 Å². The van der Waals surface area contributed by atoms with Crippen LogP contribution >= 0.6 is 0 Å². The first-order chi connectivity index (χ1) is 7.47. The van der Waals surface area contributed by atoms with E-state index in [0.717, 1.165) is 10.8 Å². The number of rotatable bonds is 2. The molecule has 0 bridgehead atoms. The Bertz CT molecular complexity index is 512. The zero-order chi connectivity index (χ0) is 11.8. The Morgan fingerprint density at radius 2 is 1.56 bits per heavy atom. The molecule has 16 heavy (non-hydrogen) atoms. The molecule has 0 aliphatic rings. The van der Waals surface area contributed by atoms with Crippen molar-refractivity contribution in [3.05, 3.63) is 47.8 Å². The maximum atomic E-state index is 13.6. The Labute approximate surface area is 100 Å². The third-order valence-corrected chi connectivity index (χ3v) is 6.80. The van der Waals surface area contributed by atoms with E-state index in [4.69, 9.17) is 0 Å². The van der Waals surface area contributed by atoms with E-state index in [1.54, 1.807) is 6.07 Å². The summed E-state index contributed by atoms with van der Waals surface area (Å²) in [4.78, 5) is 7.23. The van der Waals surface area contributed by atoms with Gasteiger partial charge >= 0.3 is 101 Å². The van der Waals surface area contributed by atoms with Crippen molar-refractivity contribution in [1.29, 1.82) is 0 Å². The van der Waals surface area contributed by atoms with Crippen molar-refractivity contribution < 1.29 is 4.39 Å². The zero-order valence-corrected chi connectivity index (χ0v) is 12.9. The molecule has 0 aliphatic carbocycles. The van der Waals surface area contributed by atoms with E-state index >= 15 is 0 Å². The molecule has 0 aromatic heterocycles. The molecule has 0 radical (unpaired) electrons. The van der Waals surface area contributed by atoms with Gasteiger partial charge in [-0.25, -0.2) is 0 Å². The van der Waals surface area contributed by atoms with Crippen LogP contribution in [0.1, 0.15) is 5.56 Å². The summed E-state index contributed by atoms with van der Waals surface area (Å²) in [6.45, 7) is 0. The van der Waals surface area contributed by atoms with Gasteiger partial charge in [0.1, 0.15) is 0 Å². The molecule has 0 N–H and O–H groups in total. The summed E-state index contributed by atoms with van der Waals surface area (Å²) in [5.41, 5.74) is 1.32. The first-order valence-electron chi connectivity index (χ1n) is 5.63. The molecule has 0 fully saturated rings. The minimum atomic E-state index is -1.86. The van der Waals surface area contributed by atoms with Crippen molar-refractivity contribution in [3.8, 4) is 0 Å². The first kappa shape index (κ1) is 11.9. The van der Waals surface area contributed by atoms with Crippen LogP contribution in [-0.4, -0.2) is 18.4 Å². The fourth-order valence-corrected chi connectivity index (χ4v) is 6.19. The Morgan fingerprint density at radius 3 is 2.19 bits per heavy atom. The molecule has 0 saturated carbocycles. The van der Waals surface area contributed by atoms with Crippen molar-refractivity contribution in [2.45, 2.75) is 19.3 Å². The predicted octanol–water partition coefficient (Wildman–Crippen LogP) is 4.40. The normalized spacial score (nSPS) is 12.0. The minimum absolute atomic E-state index is 0.108. The van der Waals surface area contributed by atoms with Gasteiger partial charge in [0.2, 0.25) is 0 Å². The van der Waals surface area contributed by atoms with Gasteiger partial charge in [0.15, 0.2) is 0 Å². The molecule has 0 unspecified atom stereocenters. The molecule has 0 nitrogen and oxygen atoms in total. The standard InChI is InChI=1S/C11H8F.3CH3.Sn/c1-8-6-7-11(12)10-5-3-2-4-9(8)10;;;;/h2-7H,1H2;3*1H3;. The fraction of sp³-hybridized carbons (Fsp3) is 0.286. The van der Waals surface area contributed by atoms with Crippen LogP contribution in [0.5, 0.6) is 0 Å². The van der Waals surface area contributed by atoms with E-state index in [2.05, 4.69) is 14.8 Å². The van der Waals surface area contributed by atoms with Gasteiger partial charge < -0.3 is 0 Å². The molecule has 0 spiro atoms. The van der Waals surface area contributed by atoms with Gasteiger partial charge in [-0.3, -0.25) is 0 Å². The molecule has 2 aromatic carbocycles. The molecule has 0 aliphatic heterocycles. The predicted molar refractivity (Wildman–Crippen MR) is 71.0 cm³/mol. The van der Waals surface area contributed by atoms with Gasteiger partial charge in [0.25, 0.3) is 0 Å². The van der Waals surface area contributed by atoms with Crippen molar-refractivity contribution in [2.24, 2.45) is 0 Å². The third-order valence-electron chi connectivity index (χ3n) is 2.68. The van der Waals surface area contributed by atoms with Gasteiger partial charge in [-0.15, -0.1) is 0 Å². The molecule has 84 valence electrons. The second-order valence-corrected chi connectivity index (χ2v) is 21.1. The van der Waals surface area contributed by atoms with Gasteiger partial charge in [-0.1, -0.05) is 0 Å². The Hall–Kier alpha value is -0.571. The molecule has 0 saturated heterocycles. The monoisotopic (exact) mass is 324 g/mol. The second kappa shape index (κ2) is 4.36. The molecule has 0 heterocycles. The molecule has 0 atom stereocenters. The van der Waals surface area contributed by atoms with E-state index in [9.17, 15) is 4.39 Å². The number of fused-ring (bicyclic) bond motifs is 1. The Balaban J connectivity index is 2.59. The number of benzene rings is 2. The summed E-state index contributed by atoms with van der Waals surface area (Å²) < 4.78 is 14.8. The molecule has 0 amide bonds. The number of hydrogen-bond donors (Lipinski definition) is 0. The second-order valence-electron chi connectivity index (χ2n) is 5.49. The van der Waals surface area contributed by atoms with Crippen molar-refractivity contribution in [2.75, 3.05) is 0 Å². The van der Waals surface area contributed by atoms with Gasteiger partial charge in [-0.05, 0) is 0 Å². The van der Waals surface area contributed by atoms with E-state index in [1.165, 1.54) is 10.0 Å². The quantitative estimate of drug-likeness (QED) is 0.719. The summed E-state index contributed by atoms with van der Waals surface area (Å²) in [5, 5.41) is 1.85. The summed E-state index contributed by atoms with van der Waals surface area (Å²) in [7, 11) is 0. The number of hydrogen-bond acceptors (Lipinski definition) is 0. The van der Waals surface area contributed by atoms with E-state index < -0.39 is 18.4 Å². The summed E-state index contributed by atoms with van der Waals surface area (Å²) in [6, 6.07) is 11.4. The van der Waals surface area contributed by atoms with Crippen LogP contribution in [0.2, 0.25) is 14.8 Å². The molecule has 2 heteroatoms. The fourth-order valence-electron chi connectivity index (χ4n) is 2.05. The molecular weight excluding hydrogens is 306 g/mol. The Kier molecular flexibility index (Phi) is 3.24. The average Bonchev–Trinajstić information content (AvgIpc) is 2.21. The van der Waals surface area contributed by atoms with Crippen LogP contribution < -0.4 is 0 Å². The van der Waals surface area contributed by atoms with Crippen LogP contribution in [0, 0.1) is 5.82 Å². The Morgan fingerprint density at radius 1 is 0.938 bits per heavy atom. The van der Waals surface area contributed by atoms with E-state index in [1.807, 2.05) is 30.3 Å². The zero-order valence-electron chi connectivity index (χ0n) is 10.0. The van der Waals surface area contributed by atoms with Crippen LogP contribution in [0.25, 0.3) is 10.8 Å².